The molecule has 126 valence electrons. The molecule has 1 aromatic rings. The second-order valence-electron chi connectivity index (χ2n) is 6.35. The summed E-state index contributed by atoms with van der Waals surface area (Å²) >= 11 is 0. The fourth-order valence-corrected chi connectivity index (χ4v) is 6.47. The van der Waals surface area contributed by atoms with E-state index in [0.717, 1.165) is 10.7 Å². The zero-order valence-corrected chi connectivity index (χ0v) is 13.9. The molecule has 1 heterocycles. The summed E-state index contributed by atoms with van der Waals surface area (Å²) in [7, 11) is -3.72. The number of allylic oxidation sites excluding steroid dienone is 2. The third-order valence-electron chi connectivity index (χ3n) is 5.08. The molecule has 0 N–H and O–H groups in total. The van der Waals surface area contributed by atoms with Crippen LogP contribution in [0.2, 0.25) is 0 Å². The third kappa shape index (κ3) is 1.97. The van der Waals surface area contributed by atoms with Gasteiger partial charge in [0.05, 0.1) is 29.0 Å². The quantitative estimate of drug-likeness (QED) is 0.614. The van der Waals surface area contributed by atoms with Gasteiger partial charge < -0.3 is 4.74 Å². The second-order valence-corrected chi connectivity index (χ2v) is 8.29. The minimum absolute atomic E-state index is 0.0195. The van der Waals surface area contributed by atoms with E-state index in [-0.39, 0.29) is 30.0 Å². The van der Waals surface area contributed by atoms with Crippen LogP contribution < -0.4 is 4.31 Å². The van der Waals surface area contributed by atoms with Crippen molar-refractivity contribution in [1.29, 1.82) is 0 Å². The van der Waals surface area contributed by atoms with Gasteiger partial charge in [0.2, 0.25) is 15.9 Å². The number of fused-ring (bicyclic) bond motifs is 5. The maximum atomic E-state index is 12.9. The Morgan fingerprint density at radius 3 is 2.50 bits per heavy atom. The van der Waals surface area contributed by atoms with Crippen molar-refractivity contribution in [2.45, 2.75) is 18.6 Å². The van der Waals surface area contributed by atoms with Crippen LogP contribution in [-0.4, -0.2) is 32.2 Å². The van der Waals surface area contributed by atoms with Gasteiger partial charge >= 0.3 is 5.97 Å². The van der Waals surface area contributed by atoms with Gasteiger partial charge in [-0.15, -0.1) is 0 Å². The molecule has 1 saturated heterocycles. The molecular formula is C17H17NO5S. The van der Waals surface area contributed by atoms with Crippen LogP contribution in [0.3, 0.4) is 0 Å². The lowest BCUT2D eigenvalue weighted by Gasteiger charge is -2.19. The highest BCUT2D eigenvalue weighted by Crippen LogP contribution is 2.53. The summed E-state index contributed by atoms with van der Waals surface area (Å²) < 4.78 is 31.6. The Kier molecular flexibility index (Phi) is 3.32. The lowest BCUT2D eigenvalue weighted by Crippen LogP contribution is -2.33. The van der Waals surface area contributed by atoms with Crippen molar-refractivity contribution >= 4 is 27.6 Å². The summed E-state index contributed by atoms with van der Waals surface area (Å²) in [6.07, 6.45) is 4.63. The normalized spacial score (nSPS) is 32.2. The van der Waals surface area contributed by atoms with Gasteiger partial charge in [0.15, 0.2) is 0 Å². The van der Waals surface area contributed by atoms with Crippen LogP contribution in [0.1, 0.15) is 23.7 Å². The number of sulfonamides is 1. The van der Waals surface area contributed by atoms with Crippen LogP contribution in [0.5, 0.6) is 0 Å². The molecular weight excluding hydrogens is 330 g/mol. The van der Waals surface area contributed by atoms with Gasteiger partial charge in [-0.2, -0.15) is 0 Å². The zero-order valence-electron chi connectivity index (χ0n) is 13.1. The number of amides is 1. The van der Waals surface area contributed by atoms with E-state index in [1.165, 1.54) is 24.3 Å². The molecule has 3 aliphatic rings. The fourth-order valence-electron chi connectivity index (χ4n) is 4.11. The lowest BCUT2D eigenvalue weighted by atomic mass is 9.92. The molecule has 1 aromatic carbocycles. The monoisotopic (exact) mass is 347 g/mol. The molecule has 1 saturated carbocycles. The molecule has 2 unspecified atom stereocenters. The Morgan fingerprint density at radius 1 is 1.21 bits per heavy atom. The first-order valence-corrected chi connectivity index (χ1v) is 9.49. The van der Waals surface area contributed by atoms with Crippen molar-refractivity contribution in [2.75, 3.05) is 10.9 Å². The molecule has 4 rings (SSSR count). The zero-order chi connectivity index (χ0) is 17.1. The summed E-state index contributed by atoms with van der Waals surface area (Å²) in [5.74, 6) is -1.36. The van der Waals surface area contributed by atoms with Gasteiger partial charge in [0, 0.05) is 0 Å². The van der Waals surface area contributed by atoms with E-state index in [2.05, 4.69) is 0 Å². The summed E-state index contributed by atoms with van der Waals surface area (Å²) in [5.41, 5.74) is 0.605. The SMILES string of the molecule is CCOC(=O)c1ccc(N2C(=O)[C@H]3C4C=CC(C4)[C@H]3S2(=O)=O)cc1. The van der Waals surface area contributed by atoms with Gasteiger partial charge in [-0.05, 0) is 49.4 Å². The van der Waals surface area contributed by atoms with Crippen molar-refractivity contribution in [3.63, 3.8) is 0 Å². The highest BCUT2D eigenvalue weighted by Gasteiger charge is 2.63. The minimum Gasteiger partial charge on any atom is -0.462 e. The highest BCUT2D eigenvalue weighted by molar-refractivity contribution is 7.94. The number of esters is 1. The van der Waals surface area contributed by atoms with E-state index in [9.17, 15) is 18.0 Å². The topological polar surface area (TPSA) is 80.8 Å². The van der Waals surface area contributed by atoms with E-state index in [0.29, 0.717) is 5.56 Å². The first-order valence-electron chi connectivity index (χ1n) is 7.98. The largest absolute Gasteiger partial charge is 0.462 e. The van der Waals surface area contributed by atoms with E-state index in [1.54, 1.807) is 6.92 Å². The van der Waals surface area contributed by atoms with Gasteiger partial charge in [0.25, 0.3) is 0 Å². The number of ether oxygens (including phenoxy) is 1. The maximum absolute atomic E-state index is 12.9. The number of carbonyl (C=O) groups excluding carboxylic acids is 2. The second kappa shape index (κ2) is 5.17. The number of anilines is 1. The van der Waals surface area contributed by atoms with Crippen LogP contribution in [0.15, 0.2) is 36.4 Å². The molecule has 0 spiro atoms. The number of hydrogen-bond acceptors (Lipinski definition) is 5. The first-order chi connectivity index (χ1) is 11.4. The lowest BCUT2D eigenvalue weighted by molar-refractivity contribution is -0.120. The van der Waals surface area contributed by atoms with Crippen molar-refractivity contribution in [2.24, 2.45) is 17.8 Å². The van der Waals surface area contributed by atoms with E-state index in [4.69, 9.17) is 4.74 Å². The van der Waals surface area contributed by atoms with Crippen molar-refractivity contribution < 1.29 is 22.7 Å². The predicted molar refractivity (Wildman–Crippen MR) is 86.8 cm³/mol. The predicted octanol–water partition coefficient (Wildman–Crippen LogP) is 1.73. The minimum atomic E-state index is -3.72. The number of nitrogens with zero attached hydrogens (tertiary/aromatic N) is 1. The summed E-state index contributed by atoms with van der Waals surface area (Å²) in [6, 6.07) is 5.93. The number of hydrogen-bond donors (Lipinski definition) is 0. The van der Waals surface area contributed by atoms with Gasteiger partial charge in [-0.1, -0.05) is 12.2 Å². The molecule has 1 aliphatic heterocycles. The Balaban J connectivity index is 1.68. The molecule has 24 heavy (non-hydrogen) atoms. The van der Waals surface area contributed by atoms with Crippen LogP contribution in [0.4, 0.5) is 5.69 Å². The fraction of sp³-hybridized carbons (Fsp3) is 0.412. The molecule has 0 radical (unpaired) electrons. The third-order valence-corrected chi connectivity index (χ3v) is 7.31. The number of benzene rings is 1. The summed E-state index contributed by atoms with van der Waals surface area (Å²) in [5, 5.41) is -0.648. The van der Waals surface area contributed by atoms with Crippen molar-refractivity contribution in [1.82, 2.24) is 0 Å². The smallest absolute Gasteiger partial charge is 0.338 e. The Hall–Kier alpha value is -2.15. The highest BCUT2D eigenvalue weighted by atomic mass is 32.2. The average Bonchev–Trinajstić information content (AvgIpc) is 3.21. The summed E-state index contributed by atoms with van der Waals surface area (Å²) in [4.78, 5) is 24.4. The first kappa shape index (κ1) is 15.4. The Morgan fingerprint density at radius 2 is 1.88 bits per heavy atom. The molecule has 4 atom stereocenters. The molecule has 1 amide bonds. The van der Waals surface area contributed by atoms with Crippen LogP contribution in [0.25, 0.3) is 0 Å². The van der Waals surface area contributed by atoms with Gasteiger partial charge in [0.1, 0.15) is 0 Å². The summed E-state index contributed by atoms with van der Waals surface area (Å²) in [6.45, 7) is 1.97. The molecule has 2 bridgehead atoms. The van der Waals surface area contributed by atoms with E-state index < -0.39 is 27.2 Å². The van der Waals surface area contributed by atoms with E-state index >= 15 is 0 Å². The van der Waals surface area contributed by atoms with E-state index in [1.807, 2.05) is 12.2 Å². The standard InChI is InChI=1S/C17H17NO5S/c1-2-23-17(20)10-5-7-13(8-6-10)18-16(19)14-11-3-4-12(9-11)15(14)24(18,21)22/h3-8,11-12,14-15H,2,9H2,1H3/t11?,12?,14-,15+/m0/s1. The van der Waals surface area contributed by atoms with Crippen LogP contribution in [-0.2, 0) is 19.6 Å². The molecule has 2 fully saturated rings. The molecule has 0 aromatic heterocycles. The van der Waals surface area contributed by atoms with Gasteiger partial charge in [-0.25, -0.2) is 17.5 Å². The molecule has 7 heteroatoms. The average molecular weight is 347 g/mol. The van der Waals surface area contributed by atoms with Crippen LogP contribution >= 0.6 is 0 Å². The Bertz CT molecular complexity index is 842. The molecule has 2 aliphatic carbocycles. The van der Waals surface area contributed by atoms with Crippen molar-refractivity contribution in [3.05, 3.63) is 42.0 Å². The van der Waals surface area contributed by atoms with Gasteiger partial charge in [-0.3, -0.25) is 4.79 Å². The Labute approximate surface area is 140 Å². The van der Waals surface area contributed by atoms with Crippen LogP contribution in [0, 0.1) is 17.8 Å². The number of carbonyl (C=O) groups is 2. The maximum Gasteiger partial charge on any atom is 0.338 e. The number of rotatable bonds is 3. The molecule has 6 nitrogen and oxygen atoms in total. The van der Waals surface area contributed by atoms with Crippen molar-refractivity contribution in [3.8, 4) is 0 Å².